The number of anilines is 1. The molecule has 0 atom stereocenters. The lowest BCUT2D eigenvalue weighted by atomic mass is 10.4. The zero-order valence-electron chi connectivity index (χ0n) is 8.72. The molecule has 0 saturated heterocycles. The molecule has 8 nitrogen and oxygen atoms in total. The number of nitrogens with zero attached hydrogens (tertiary/aromatic N) is 5. The number of amides is 1. The zero-order valence-corrected chi connectivity index (χ0v) is 8.72. The fourth-order valence-corrected chi connectivity index (χ4v) is 1.20. The first-order valence-corrected chi connectivity index (χ1v) is 4.52. The van der Waals surface area contributed by atoms with E-state index in [9.17, 15) is 4.79 Å². The lowest BCUT2D eigenvalue weighted by Crippen LogP contribution is -2.16. The van der Waals surface area contributed by atoms with Crippen LogP contribution in [0.2, 0.25) is 0 Å². The first kappa shape index (κ1) is 10.1. The van der Waals surface area contributed by atoms with E-state index in [1.54, 1.807) is 0 Å². The maximum absolute atomic E-state index is 11.5. The van der Waals surface area contributed by atoms with Crippen LogP contribution in [0.4, 0.5) is 5.95 Å². The fraction of sp³-hybridized carbons (Fsp3) is 0.250. The molecule has 0 aromatic carbocycles. The van der Waals surface area contributed by atoms with Crippen LogP contribution < -0.4 is 5.32 Å². The second-order valence-corrected chi connectivity index (χ2v) is 3.16. The van der Waals surface area contributed by atoms with Gasteiger partial charge in [-0.2, -0.15) is 5.21 Å². The number of aryl methyl sites for hydroxylation is 2. The minimum Gasteiger partial charge on any atom is -0.288 e. The molecule has 82 valence electrons. The average molecular weight is 219 g/mol. The predicted molar refractivity (Wildman–Crippen MR) is 53.6 cm³/mol. The molecule has 0 fully saturated rings. The third-order valence-electron chi connectivity index (χ3n) is 1.76. The van der Waals surface area contributed by atoms with Gasteiger partial charge in [0.05, 0.1) is 0 Å². The molecule has 0 aliphatic rings. The second-order valence-electron chi connectivity index (χ2n) is 3.16. The Kier molecular flexibility index (Phi) is 2.54. The summed E-state index contributed by atoms with van der Waals surface area (Å²) in [7, 11) is 0. The van der Waals surface area contributed by atoms with Gasteiger partial charge in [0.15, 0.2) is 0 Å². The van der Waals surface area contributed by atoms with Crippen molar-refractivity contribution in [3.8, 4) is 0 Å². The van der Waals surface area contributed by atoms with Gasteiger partial charge in [0.2, 0.25) is 5.95 Å². The number of hydrogen-bond donors (Lipinski definition) is 2. The van der Waals surface area contributed by atoms with Crippen molar-refractivity contribution in [2.45, 2.75) is 13.8 Å². The number of aromatic nitrogens is 6. The maximum Gasteiger partial charge on any atom is 0.299 e. The largest absolute Gasteiger partial charge is 0.299 e. The highest BCUT2D eigenvalue weighted by atomic mass is 16.2. The smallest absolute Gasteiger partial charge is 0.288 e. The molecule has 2 rings (SSSR count). The van der Waals surface area contributed by atoms with Gasteiger partial charge in [0, 0.05) is 11.4 Å². The standard InChI is InChI=1S/C8H9N7O/c1-4-3-5(2)10-8(9-4)11-7(16)6-12-14-15-13-6/h3H,1-2H3,(H,9,10,11,16)(H,12,13,14,15). The molecule has 0 saturated carbocycles. The van der Waals surface area contributed by atoms with E-state index in [2.05, 4.69) is 35.9 Å². The Labute approximate surface area is 90.5 Å². The van der Waals surface area contributed by atoms with Crippen molar-refractivity contribution < 1.29 is 4.79 Å². The number of tetrazole rings is 1. The topological polar surface area (TPSA) is 109 Å². The summed E-state index contributed by atoms with van der Waals surface area (Å²) in [5.41, 5.74) is 1.55. The van der Waals surface area contributed by atoms with Crippen molar-refractivity contribution >= 4 is 11.9 Å². The van der Waals surface area contributed by atoms with Gasteiger partial charge in [-0.25, -0.2) is 9.97 Å². The lowest BCUT2D eigenvalue weighted by molar-refractivity contribution is 0.101. The van der Waals surface area contributed by atoms with Crippen LogP contribution in [0.15, 0.2) is 6.07 Å². The van der Waals surface area contributed by atoms with Gasteiger partial charge >= 0.3 is 0 Å². The van der Waals surface area contributed by atoms with E-state index in [0.29, 0.717) is 0 Å². The number of hydrogen-bond acceptors (Lipinski definition) is 6. The highest BCUT2D eigenvalue weighted by Crippen LogP contribution is 2.04. The third-order valence-corrected chi connectivity index (χ3v) is 1.76. The van der Waals surface area contributed by atoms with Crippen LogP contribution >= 0.6 is 0 Å². The van der Waals surface area contributed by atoms with Crippen LogP contribution in [0.1, 0.15) is 22.0 Å². The van der Waals surface area contributed by atoms with Gasteiger partial charge in [0.1, 0.15) is 0 Å². The maximum atomic E-state index is 11.5. The molecule has 0 aliphatic carbocycles. The minimum atomic E-state index is -0.501. The van der Waals surface area contributed by atoms with Crippen LogP contribution in [-0.2, 0) is 0 Å². The zero-order chi connectivity index (χ0) is 11.5. The van der Waals surface area contributed by atoms with Crippen molar-refractivity contribution in [1.29, 1.82) is 0 Å². The number of rotatable bonds is 2. The Morgan fingerprint density at radius 2 is 2.00 bits per heavy atom. The molecule has 0 radical (unpaired) electrons. The van der Waals surface area contributed by atoms with Crippen molar-refractivity contribution in [3.05, 3.63) is 23.3 Å². The van der Waals surface area contributed by atoms with E-state index < -0.39 is 5.91 Å². The second kappa shape index (κ2) is 4.01. The molecule has 0 bridgehead atoms. The fourth-order valence-electron chi connectivity index (χ4n) is 1.20. The number of aromatic amines is 1. The molecule has 1 amide bonds. The quantitative estimate of drug-likeness (QED) is 0.727. The highest BCUT2D eigenvalue weighted by molar-refractivity contribution is 6.00. The van der Waals surface area contributed by atoms with Crippen LogP contribution in [0.25, 0.3) is 0 Å². The van der Waals surface area contributed by atoms with E-state index in [4.69, 9.17) is 0 Å². The molecule has 0 unspecified atom stereocenters. The molecule has 0 spiro atoms. The van der Waals surface area contributed by atoms with Crippen LogP contribution in [-0.4, -0.2) is 36.5 Å². The van der Waals surface area contributed by atoms with Gasteiger partial charge in [-0.15, -0.1) is 10.2 Å². The predicted octanol–water partition coefficient (Wildman–Crippen LogP) is -0.141. The Balaban J connectivity index is 2.18. The highest BCUT2D eigenvalue weighted by Gasteiger charge is 2.12. The first-order valence-electron chi connectivity index (χ1n) is 4.52. The molecule has 2 aromatic heterocycles. The Bertz CT molecular complexity index is 487. The number of carbonyl (C=O) groups excluding carboxylic acids is 1. The van der Waals surface area contributed by atoms with Gasteiger partial charge in [-0.3, -0.25) is 10.1 Å². The molecule has 2 aromatic rings. The summed E-state index contributed by atoms with van der Waals surface area (Å²) in [5, 5.41) is 15.0. The monoisotopic (exact) mass is 219 g/mol. The molecule has 0 aliphatic heterocycles. The SMILES string of the molecule is Cc1cc(C)nc(NC(=O)c2nn[nH]n2)n1. The van der Waals surface area contributed by atoms with E-state index >= 15 is 0 Å². The summed E-state index contributed by atoms with van der Waals surface area (Å²) in [6.45, 7) is 3.64. The van der Waals surface area contributed by atoms with Crippen molar-refractivity contribution in [3.63, 3.8) is 0 Å². The molecule has 2 N–H and O–H groups in total. The summed E-state index contributed by atoms with van der Waals surface area (Å²) in [4.78, 5) is 19.6. The molecule has 16 heavy (non-hydrogen) atoms. The van der Waals surface area contributed by atoms with E-state index in [-0.39, 0.29) is 11.8 Å². The molecular weight excluding hydrogens is 210 g/mol. The van der Waals surface area contributed by atoms with E-state index in [0.717, 1.165) is 11.4 Å². The molecular formula is C8H9N7O. The Morgan fingerprint density at radius 1 is 1.31 bits per heavy atom. The Hall–Kier alpha value is -2.38. The van der Waals surface area contributed by atoms with Crippen LogP contribution in [0.3, 0.4) is 0 Å². The normalized spacial score (nSPS) is 10.1. The van der Waals surface area contributed by atoms with Gasteiger partial charge < -0.3 is 0 Å². The first-order chi connectivity index (χ1) is 7.65. The minimum absolute atomic E-state index is 0.0530. The van der Waals surface area contributed by atoms with Gasteiger partial charge in [0.25, 0.3) is 11.7 Å². The number of H-pyrrole nitrogens is 1. The molecule has 2 heterocycles. The van der Waals surface area contributed by atoms with Crippen molar-refractivity contribution in [2.75, 3.05) is 5.32 Å². The Morgan fingerprint density at radius 3 is 2.56 bits per heavy atom. The summed E-state index contributed by atoms with van der Waals surface area (Å²) in [6.07, 6.45) is 0. The summed E-state index contributed by atoms with van der Waals surface area (Å²) >= 11 is 0. The van der Waals surface area contributed by atoms with Crippen LogP contribution in [0.5, 0.6) is 0 Å². The summed E-state index contributed by atoms with van der Waals surface area (Å²) in [5.74, 6) is -0.325. The van der Waals surface area contributed by atoms with E-state index in [1.165, 1.54) is 0 Å². The van der Waals surface area contributed by atoms with Gasteiger partial charge in [-0.1, -0.05) is 0 Å². The summed E-state index contributed by atoms with van der Waals surface area (Å²) in [6, 6.07) is 1.81. The van der Waals surface area contributed by atoms with Gasteiger partial charge in [-0.05, 0) is 25.1 Å². The average Bonchev–Trinajstić information content (AvgIpc) is 2.68. The lowest BCUT2D eigenvalue weighted by Gasteiger charge is -2.02. The number of nitrogens with one attached hydrogen (secondary N) is 2. The van der Waals surface area contributed by atoms with Crippen molar-refractivity contribution in [2.24, 2.45) is 0 Å². The van der Waals surface area contributed by atoms with E-state index in [1.807, 2.05) is 19.9 Å². The van der Waals surface area contributed by atoms with Crippen LogP contribution in [0, 0.1) is 13.8 Å². The van der Waals surface area contributed by atoms with Crippen molar-refractivity contribution in [1.82, 2.24) is 30.6 Å². The molecule has 8 heteroatoms. The third kappa shape index (κ3) is 2.16. The summed E-state index contributed by atoms with van der Waals surface area (Å²) < 4.78 is 0. The number of carbonyl (C=O) groups is 1.